The predicted octanol–water partition coefficient (Wildman–Crippen LogP) is 4.13. The van der Waals surface area contributed by atoms with Crippen LogP contribution in [-0.2, 0) is 11.8 Å². The molecular weight excluding hydrogens is 473 g/mol. The van der Waals surface area contributed by atoms with Crippen molar-refractivity contribution in [2.45, 2.75) is 30.1 Å². The first-order chi connectivity index (χ1) is 16.3. The Kier molecular flexibility index (Phi) is 7.63. The highest BCUT2D eigenvalue weighted by molar-refractivity contribution is 6.57. The number of likely N-dealkylation sites (N-methyl/N-ethyl adjacent to an activating group) is 1. The third kappa shape index (κ3) is 5.15. The molecular formula is C25H33Cl2N5O2. The van der Waals surface area contributed by atoms with Gasteiger partial charge in [0.25, 0.3) is 5.91 Å². The summed E-state index contributed by atoms with van der Waals surface area (Å²) in [6.07, 6.45) is 7.16. The molecule has 34 heavy (non-hydrogen) atoms. The molecule has 2 aliphatic rings. The number of piperazine rings is 1. The van der Waals surface area contributed by atoms with Gasteiger partial charge in [-0.2, -0.15) is 0 Å². The lowest BCUT2D eigenvalue weighted by molar-refractivity contribution is -0.108. The van der Waals surface area contributed by atoms with E-state index in [1.54, 1.807) is 11.9 Å². The summed E-state index contributed by atoms with van der Waals surface area (Å²) in [6, 6.07) is 9.99. The van der Waals surface area contributed by atoms with Crippen LogP contribution in [-0.4, -0.2) is 72.4 Å². The van der Waals surface area contributed by atoms with Gasteiger partial charge < -0.3 is 24.2 Å². The van der Waals surface area contributed by atoms with Crippen molar-refractivity contribution in [2.75, 3.05) is 61.0 Å². The highest BCUT2D eigenvalue weighted by atomic mass is 35.5. The summed E-state index contributed by atoms with van der Waals surface area (Å²) in [6.45, 7) is 4.77. The van der Waals surface area contributed by atoms with Crippen molar-refractivity contribution in [3.8, 4) is 0 Å². The van der Waals surface area contributed by atoms with E-state index in [1.165, 1.54) is 12.8 Å². The van der Waals surface area contributed by atoms with E-state index in [0.29, 0.717) is 25.1 Å². The number of rotatable bonds is 6. The van der Waals surface area contributed by atoms with Crippen molar-refractivity contribution in [1.82, 2.24) is 9.47 Å². The van der Waals surface area contributed by atoms with Crippen molar-refractivity contribution in [3.63, 3.8) is 0 Å². The van der Waals surface area contributed by atoms with Gasteiger partial charge in [-0.15, -0.1) is 0 Å². The fourth-order valence-electron chi connectivity index (χ4n) is 4.81. The van der Waals surface area contributed by atoms with E-state index in [0.717, 1.165) is 56.1 Å². The molecule has 1 aromatic carbocycles. The number of hydrogen-bond acceptors (Lipinski definition) is 5. The summed E-state index contributed by atoms with van der Waals surface area (Å²) in [4.78, 5) is 32.7. The quantitative estimate of drug-likeness (QED) is 0.335. The van der Waals surface area contributed by atoms with Gasteiger partial charge >= 0.3 is 0 Å². The van der Waals surface area contributed by atoms with Gasteiger partial charge in [-0.3, -0.25) is 9.59 Å². The molecule has 0 saturated carbocycles. The first-order valence-electron chi connectivity index (χ1n) is 11.9. The Morgan fingerprint density at radius 3 is 2.24 bits per heavy atom. The highest BCUT2D eigenvalue weighted by Crippen LogP contribution is 2.39. The zero-order chi connectivity index (χ0) is 24.3. The number of hydrogen-bond donors (Lipinski definition) is 0. The molecule has 0 aliphatic carbocycles. The normalized spacial score (nSPS) is 17.5. The maximum Gasteiger partial charge on any atom is 0.270 e. The van der Waals surface area contributed by atoms with Crippen LogP contribution in [0, 0.1) is 0 Å². The van der Waals surface area contributed by atoms with Crippen LogP contribution in [0.3, 0.4) is 0 Å². The second kappa shape index (κ2) is 10.5. The van der Waals surface area contributed by atoms with Gasteiger partial charge in [0, 0.05) is 65.2 Å². The van der Waals surface area contributed by atoms with Crippen molar-refractivity contribution in [2.24, 2.45) is 7.05 Å². The number of aryl methyl sites for hydroxylation is 1. The molecule has 2 aromatic rings. The summed E-state index contributed by atoms with van der Waals surface area (Å²) in [5.41, 5.74) is 3.69. The maximum atomic E-state index is 12.9. The first-order valence-corrected chi connectivity index (χ1v) is 12.7. The summed E-state index contributed by atoms with van der Waals surface area (Å²) < 4.78 is 0.232. The Labute approximate surface area is 211 Å². The van der Waals surface area contributed by atoms with E-state index in [-0.39, 0.29) is 5.91 Å². The van der Waals surface area contributed by atoms with Gasteiger partial charge in [0.05, 0.1) is 11.4 Å². The standard InChI is InChI=1S/C25H33Cl2N5O2/c1-28-11-7-8-22(28)24(34)32-16-14-30(15-17-32)20-9-10-21(29(2)25(26,27)19-33)23(18-20)31-12-5-3-4-6-13-31/h7-11,18-19H,3-6,12-17H2,1-2H3. The van der Waals surface area contributed by atoms with Crippen LogP contribution >= 0.6 is 23.2 Å². The third-order valence-corrected chi connectivity index (χ3v) is 7.64. The van der Waals surface area contributed by atoms with Gasteiger partial charge in [0.1, 0.15) is 5.69 Å². The number of carbonyl (C=O) groups is 2. The van der Waals surface area contributed by atoms with E-state index in [2.05, 4.69) is 21.9 Å². The molecule has 2 saturated heterocycles. The predicted molar refractivity (Wildman–Crippen MR) is 140 cm³/mol. The number of aromatic nitrogens is 1. The van der Waals surface area contributed by atoms with Crippen molar-refractivity contribution in [3.05, 3.63) is 42.2 Å². The average Bonchev–Trinajstić information content (AvgIpc) is 3.11. The molecule has 4 rings (SSSR count). The Bertz CT molecular complexity index is 1010. The monoisotopic (exact) mass is 505 g/mol. The number of halogens is 2. The van der Waals surface area contributed by atoms with E-state index in [1.807, 2.05) is 40.9 Å². The zero-order valence-electron chi connectivity index (χ0n) is 19.9. The first kappa shape index (κ1) is 24.7. The molecule has 9 heteroatoms. The van der Waals surface area contributed by atoms with Gasteiger partial charge in [-0.05, 0) is 43.2 Å². The summed E-state index contributed by atoms with van der Waals surface area (Å²) >= 11 is 12.6. The van der Waals surface area contributed by atoms with E-state index in [4.69, 9.17) is 23.2 Å². The SMILES string of the molecule is CN(c1ccc(N2CCN(C(=O)c3cccn3C)CC2)cc1N1CCCCCC1)C(Cl)(Cl)C=O. The lowest BCUT2D eigenvalue weighted by Crippen LogP contribution is -2.49. The van der Waals surface area contributed by atoms with Gasteiger partial charge in [-0.25, -0.2) is 0 Å². The second-order valence-electron chi connectivity index (χ2n) is 9.12. The van der Waals surface area contributed by atoms with E-state index in [9.17, 15) is 9.59 Å². The summed E-state index contributed by atoms with van der Waals surface area (Å²) in [5.74, 6) is 0.0730. The molecule has 184 valence electrons. The lowest BCUT2D eigenvalue weighted by Gasteiger charge is -2.38. The molecule has 0 radical (unpaired) electrons. The fourth-order valence-corrected chi connectivity index (χ4v) is 4.99. The van der Waals surface area contributed by atoms with Crippen molar-refractivity contribution >= 4 is 52.5 Å². The number of carbonyl (C=O) groups excluding carboxylic acids is 2. The minimum atomic E-state index is -1.63. The van der Waals surface area contributed by atoms with Crippen molar-refractivity contribution < 1.29 is 9.59 Å². The molecule has 2 fully saturated rings. The minimum absolute atomic E-state index is 0.0730. The van der Waals surface area contributed by atoms with Crippen LogP contribution in [0.4, 0.5) is 17.1 Å². The molecule has 0 N–H and O–H groups in total. The van der Waals surface area contributed by atoms with Crippen LogP contribution in [0.1, 0.15) is 36.2 Å². The minimum Gasteiger partial charge on any atom is -0.370 e. The largest absolute Gasteiger partial charge is 0.370 e. The number of amides is 1. The number of anilines is 3. The topological polar surface area (TPSA) is 52.0 Å². The van der Waals surface area contributed by atoms with Gasteiger partial charge in [-0.1, -0.05) is 36.0 Å². The van der Waals surface area contributed by atoms with E-state index < -0.39 is 4.46 Å². The summed E-state index contributed by atoms with van der Waals surface area (Å²) in [7, 11) is 3.64. The molecule has 3 heterocycles. The molecule has 7 nitrogen and oxygen atoms in total. The number of alkyl halides is 2. The molecule has 0 atom stereocenters. The second-order valence-corrected chi connectivity index (χ2v) is 10.5. The smallest absolute Gasteiger partial charge is 0.270 e. The number of nitrogens with zero attached hydrogens (tertiary/aromatic N) is 5. The Morgan fingerprint density at radius 2 is 1.65 bits per heavy atom. The molecule has 0 unspecified atom stereocenters. The summed E-state index contributed by atoms with van der Waals surface area (Å²) in [5, 5.41) is 0. The lowest BCUT2D eigenvalue weighted by atomic mass is 10.1. The molecule has 0 bridgehead atoms. The maximum absolute atomic E-state index is 12.9. The molecule has 2 aliphatic heterocycles. The Morgan fingerprint density at radius 1 is 0.971 bits per heavy atom. The average molecular weight is 506 g/mol. The van der Waals surface area contributed by atoms with Crippen LogP contribution < -0.4 is 14.7 Å². The van der Waals surface area contributed by atoms with Crippen molar-refractivity contribution in [1.29, 1.82) is 0 Å². The number of aldehydes is 1. The van der Waals surface area contributed by atoms with E-state index >= 15 is 0 Å². The fraction of sp³-hybridized carbons (Fsp3) is 0.520. The third-order valence-electron chi connectivity index (χ3n) is 6.95. The van der Waals surface area contributed by atoms with Crippen LogP contribution in [0.15, 0.2) is 36.5 Å². The molecule has 1 aromatic heterocycles. The molecule has 0 spiro atoms. The van der Waals surface area contributed by atoms with Gasteiger partial charge in [0.15, 0.2) is 6.29 Å². The van der Waals surface area contributed by atoms with Crippen LogP contribution in [0.5, 0.6) is 0 Å². The Hall–Kier alpha value is -2.38. The zero-order valence-corrected chi connectivity index (χ0v) is 21.4. The highest BCUT2D eigenvalue weighted by Gasteiger charge is 2.32. The Balaban J connectivity index is 1.55. The van der Waals surface area contributed by atoms with Crippen LogP contribution in [0.25, 0.3) is 0 Å². The molecule has 1 amide bonds. The van der Waals surface area contributed by atoms with Gasteiger partial charge in [0.2, 0.25) is 4.46 Å². The number of benzene rings is 1. The van der Waals surface area contributed by atoms with Crippen LogP contribution in [0.2, 0.25) is 0 Å².